The lowest BCUT2D eigenvalue weighted by Gasteiger charge is -2.37. The number of rotatable bonds is 13. The van der Waals surface area contributed by atoms with Crippen molar-refractivity contribution < 1.29 is 24.3 Å². The molecule has 0 spiro atoms. The minimum atomic E-state index is -1.07. The summed E-state index contributed by atoms with van der Waals surface area (Å²) >= 11 is 1.26. The second-order valence-electron chi connectivity index (χ2n) is 14.1. The third-order valence-corrected chi connectivity index (χ3v) is 10.9. The van der Waals surface area contributed by atoms with Gasteiger partial charge < -0.3 is 30.9 Å². The molecule has 1 aliphatic heterocycles. The fourth-order valence-corrected chi connectivity index (χ4v) is 7.55. The lowest BCUT2D eigenvalue weighted by Crippen LogP contribution is -2.54. The van der Waals surface area contributed by atoms with Crippen LogP contribution in [0.3, 0.4) is 0 Å². The van der Waals surface area contributed by atoms with E-state index in [2.05, 4.69) is 10.3 Å². The molecule has 1 aromatic carbocycles. The van der Waals surface area contributed by atoms with Gasteiger partial charge in [0.1, 0.15) is 6.54 Å². The Morgan fingerprint density at radius 3 is 2.34 bits per heavy atom. The van der Waals surface area contributed by atoms with Crippen LogP contribution in [0.15, 0.2) is 35.7 Å². The van der Waals surface area contributed by atoms with E-state index in [1.807, 2.05) is 51.1 Å². The number of thiazole rings is 1. The van der Waals surface area contributed by atoms with Crippen LogP contribution in [0.4, 0.5) is 5.13 Å². The third kappa shape index (κ3) is 8.90. The summed E-state index contributed by atoms with van der Waals surface area (Å²) in [6.07, 6.45) is 4.13. The minimum Gasteiger partial charge on any atom is -0.390 e. The first-order valence-corrected chi connectivity index (χ1v) is 17.6. The van der Waals surface area contributed by atoms with E-state index < -0.39 is 35.6 Å². The van der Waals surface area contributed by atoms with Crippen molar-refractivity contribution in [3.05, 3.63) is 47.0 Å². The van der Waals surface area contributed by atoms with Crippen LogP contribution in [0.5, 0.6) is 0 Å². The van der Waals surface area contributed by atoms with Gasteiger partial charge in [-0.1, -0.05) is 49.6 Å². The number of nitrogens with one attached hydrogen (secondary N) is 1. The lowest BCUT2D eigenvalue weighted by molar-refractivity contribution is -0.143. The number of carbonyl (C=O) groups excluding carboxylic acids is 4. The second kappa shape index (κ2) is 15.6. The zero-order valence-electron chi connectivity index (χ0n) is 28.6. The molecule has 1 aromatic heterocycles. The average Bonchev–Trinajstić information content (AvgIpc) is 3.56. The number of anilines is 1. The molecule has 1 saturated heterocycles. The maximum atomic E-state index is 14.3. The molecule has 2 fully saturated rings. The van der Waals surface area contributed by atoms with Crippen molar-refractivity contribution in [2.75, 3.05) is 33.4 Å². The number of likely N-dealkylation sites (N-methyl/N-ethyl adjacent to an activating group) is 1. The highest BCUT2D eigenvalue weighted by Gasteiger charge is 2.49. The first-order chi connectivity index (χ1) is 22.2. The molecule has 2 aromatic rings. The number of benzene rings is 1. The van der Waals surface area contributed by atoms with E-state index in [-0.39, 0.29) is 48.9 Å². The number of nitrogens with two attached hydrogens (primary N) is 1. The molecule has 47 heavy (non-hydrogen) atoms. The SMILES string of the molecule is C[C@@H](c1ccccc1)N(CC(=O)N(C)C)C(=O)C[C@@H](Cc1csc(N)n1)C(=O)N[C@@H](C1CCCCC1)[C@@H](O)[C@@H]1CC(C)(C)N(C)C1=O. The Labute approximate surface area is 282 Å². The number of aromatic nitrogens is 1. The van der Waals surface area contributed by atoms with Gasteiger partial charge in [0.25, 0.3) is 0 Å². The van der Waals surface area contributed by atoms with Crippen molar-refractivity contribution in [1.82, 2.24) is 25.0 Å². The Hall–Kier alpha value is -3.51. The van der Waals surface area contributed by atoms with Gasteiger partial charge in [-0.2, -0.15) is 0 Å². The molecule has 11 nitrogen and oxygen atoms in total. The minimum absolute atomic E-state index is 0.00287. The zero-order valence-corrected chi connectivity index (χ0v) is 29.5. The molecule has 4 N–H and O–H groups in total. The first-order valence-electron chi connectivity index (χ1n) is 16.7. The standard InChI is InChI=1S/C35H52N6O5S/c1-22(23-13-9-7-10-14-23)41(20-29(43)39(4)5)28(42)18-25(17-26-21-47-34(36)37-26)32(45)38-30(24-15-11-8-12-16-24)31(44)27-19-35(2,3)40(6)33(27)46/h7,9-10,13-14,21-22,24-25,27,30-31,44H,8,11-12,15-20H2,1-6H3,(H2,36,37)(H,38,45)/t22-,25+,27-,30-,31-/m0/s1. The summed E-state index contributed by atoms with van der Waals surface area (Å²) in [6, 6.07) is 8.41. The molecule has 0 bridgehead atoms. The Balaban J connectivity index is 1.63. The maximum Gasteiger partial charge on any atom is 0.241 e. The van der Waals surface area contributed by atoms with Gasteiger partial charge in [0, 0.05) is 44.9 Å². The van der Waals surface area contributed by atoms with Crippen molar-refractivity contribution in [1.29, 1.82) is 0 Å². The van der Waals surface area contributed by atoms with Crippen molar-refractivity contribution >= 4 is 40.1 Å². The van der Waals surface area contributed by atoms with Gasteiger partial charge in [0.05, 0.1) is 35.7 Å². The number of hydrogen-bond donors (Lipinski definition) is 3. The summed E-state index contributed by atoms with van der Waals surface area (Å²) < 4.78 is 0. The lowest BCUT2D eigenvalue weighted by atomic mass is 9.77. The number of nitrogens with zero attached hydrogens (tertiary/aromatic N) is 4. The predicted octanol–water partition coefficient (Wildman–Crippen LogP) is 3.64. The van der Waals surface area contributed by atoms with Gasteiger partial charge in [-0.3, -0.25) is 19.2 Å². The molecule has 4 amide bonds. The summed E-state index contributed by atoms with van der Waals surface area (Å²) in [7, 11) is 5.05. The van der Waals surface area contributed by atoms with Gasteiger partial charge in [-0.05, 0) is 51.5 Å². The van der Waals surface area contributed by atoms with Crippen molar-refractivity contribution in [3.63, 3.8) is 0 Å². The normalized spacial score (nSPS) is 20.7. The van der Waals surface area contributed by atoms with Crippen LogP contribution < -0.4 is 11.1 Å². The molecule has 5 atom stereocenters. The molecule has 2 aliphatic rings. The summed E-state index contributed by atoms with van der Waals surface area (Å²) in [5, 5.41) is 17.1. The van der Waals surface area contributed by atoms with Crippen LogP contribution >= 0.6 is 11.3 Å². The van der Waals surface area contributed by atoms with E-state index in [1.165, 1.54) is 21.1 Å². The van der Waals surface area contributed by atoms with Gasteiger partial charge in [-0.15, -0.1) is 11.3 Å². The smallest absolute Gasteiger partial charge is 0.241 e. The van der Waals surface area contributed by atoms with E-state index in [0.717, 1.165) is 37.7 Å². The molecule has 258 valence electrons. The molecule has 0 unspecified atom stereocenters. The van der Waals surface area contributed by atoms with Crippen LogP contribution in [0.2, 0.25) is 0 Å². The Morgan fingerprint density at radius 2 is 1.79 bits per heavy atom. The highest BCUT2D eigenvalue weighted by atomic mass is 32.1. The summed E-state index contributed by atoms with van der Waals surface area (Å²) in [4.78, 5) is 63.7. The molecular weight excluding hydrogens is 616 g/mol. The van der Waals surface area contributed by atoms with E-state index in [0.29, 0.717) is 17.2 Å². The molecule has 12 heteroatoms. The van der Waals surface area contributed by atoms with Crippen LogP contribution in [0.25, 0.3) is 0 Å². The predicted molar refractivity (Wildman–Crippen MR) is 183 cm³/mol. The highest BCUT2D eigenvalue weighted by molar-refractivity contribution is 7.13. The number of carbonyl (C=O) groups is 4. The number of aliphatic hydroxyl groups is 1. The molecule has 0 radical (unpaired) electrons. The molecule has 4 rings (SSSR count). The first kappa shape index (κ1) is 36.3. The largest absolute Gasteiger partial charge is 0.390 e. The number of likely N-dealkylation sites (tertiary alicyclic amines) is 1. The van der Waals surface area contributed by atoms with Crippen LogP contribution in [-0.2, 0) is 25.6 Å². The van der Waals surface area contributed by atoms with Crippen molar-refractivity contribution in [3.8, 4) is 0 Å². The topological polar surface area (TPSA) is 149 Å². The molecular formula is C35H52N6O5S. The number of amides is 4. The van der Waals surface area contributed by atoms with Gasteiger partial charge in [0.15, 0.2) is 5.13 Å². The van der Waals surface area contributed by atoms with Gasteiger partial charge in [0.2, 0.25) is 23.6 Å². The Bertz CT molecular complexity index is 1390. The second-order valence-corrected chi connectivity index (χ2v) is 15.0. The number of hydrogen-bond acceptors (Lipinski definition) is 8. The number of aliphatic hydroxyl groups excluding tert-OH is 1. The quantitative estimate of drug-likeness (QED) is 0.295. The summed E-state index contributed by atoms with van der Waals surface area (Å²) in [5.41, 5.74) is 6.98. The van der Waals surface area contributed by atoms with Crippen LogP contribution in [-0.4, -0.2) is 93.8 Å². The Kier molecular flexibility index (Phi) is 12.1. The molecule has 1 aliphatic carbocycles. The monoisotopic (exact) mass is 668 g/mol. The fourth-order valence-electron chi connectivity index (χ4n) is 6.98. The summed E-state index contributed by atoms with van der Waals surface area (Å²) in [5.74, 6) is -2.57. The molecule has 1 saturated carbocycles. The van der Waals surface area contributed by atoms with E-state index in [9.17, 15) is 24.3 Å². The van der Waals surface area contributed by atoms with Crippen molar-refractivity contribution in [2.24, 2.45) is 17.8 Å². The van der Waals surface area contributed by atoms with Crippen LogP contribution in [0.1, 0.15) is 83.0 Å². The third-order valence-electron chi connectivity index (χ3n) is 10.2. The van der Waals surface area contributed by atoms with E-state index in [1.54, 1.807) is 31.4 Å². The number of nitrogen functional groups attached to an aromatic ring is 1. The maximum absolute atomic E-state index is 14.3. The average molecular weight is 669 g/mol. The zero-order chi connectivity index (χ0) is 34.5. The van der Waals surface area contributed by atoms with Gasteiger partial charge >= 0.3 is 0 Å². The summed E-state index contributed by atoms with van der Waals surface area (Å²) in [6.45, 7) is 5.70. The van der Waals surface area contributed by atoms with E-state index in [4.69, 9.17) is 5.73 Å². The van der Waals surface area contributed by atoms with Crippen molar-refractivity contribution in [2.45, 2.75) is 95.9 Å². The highest BCUT2D eigenvalue weighted by Crippen LogP contribution is 2.38. The van der Waals surface area contributed by atoms with Crippen LogP contribution in [0, 0.1) is 17.8 Å². The Morgan fingerprint density at radius 1 is 1.13 bits per heavy atom. The molecule has 2 heterocycles. The fraction of sp³-hybridized carbons (Fsp3) is 0.629. The van der Waals surface area contributed by atoms with Gasteiger partial charge in [-0.25, -0.2) is 4.98 Å². The van der Waals surface area contributed by atoms with E-state index >= 15 is 0 Å².